The topological polar surface area (TPSA) is 234 Å². The molecule has 4 heterocycles. The number of aromatic nitrogens is 5. The summed E-state index contributed by atoms with van der Waals surface area (Å²) in [6, 6.07) is 28.7. The molecule has 66 heavy (non-hydrogen) atoms. The number of hydrogen-bond donors (Lipinski definition) is 6. The number of carbonyl (C=O) groups is 3. The Hall–Kier alpha value is -8.47. The molecule has 4 aromatic heterocycles. The lowest BCUT2D eigenvalue weighted by molar-refractivity contribution is 0.0961. The van der Waals surface area contributed by atoms with Crippen LogP contribution in [0.15, 0.2) is 120 Å². The number of benzene rings is 4. The van der Waals surface area contributed by atoms with Crippen molar-refractivity contribution in [2.45, 2.75) is 51.9 Å². The molecule has 8 aromatic rings. The first-order valence-corrected chi connectivity index (χ1v) is 21.3. The third kappa shape index (κ3) is 10.6. The fraction of sp³-hybridized carbons (Fsp3) is 0.204. The Kier molecular flexibility index (Phi) is 13.6. The van der Waals surface area contributed by atoms with E-state index in [1.807, 2.05) is 37.4 Å². The van der Waals surface area contributed by atoms with E-state index in [1.165, 1.54) is 0 Å². The molecule has 9 rings (SSSR count). The number of H-pyrrole nitrogens is 1. The number of fused-ring (bicyclic) bond motifs is 2. The number of aryl methyl sites for hydroxylation is 1. The fourth-order valence-electron chi connectivity index (χ4n) is 7.38. The molecule has 1 aliphatic carbocycles. The number of para-hydroxylation sites is 2. The van der Waals surface area contributed by atoms with E-state index in [2.05, 4.69) is 36.2 Å². The Labute approximate surface area is 379 Å². The average Bonchev–Trinajstić information content (AvgIpc) is 4.11. The summed E-state index contributed by atoms with van der Waals surface area (Å²) in [5.74, 6) is 1.53. The number of aromatic amines is 1. The predicted molar refractivity (Wildman–Crippen MR) is 251 cm³/mol. The molecule has 1 saturated carbocycles. The summed E-state index contributed by atoms with van der Waals surface area (Å²) in [5.41, 5.74) is 14.2. The second kappa shape index (κ2) is 20.4. The van der Waals surface area contributed by atoms with Gasteiger partial charge in [-0.2, -0.15) is 9.97 Å². The summed E-state index contributed by atoms with van der Waals surface area (Å²) in [4.78, 5) is 57.3. The number of oxazole rings is 1. The van der Waals surface area contributed by atoms with Crippen molar-refractivity contribution >= 4 is 63.1 Å². The molecule has 3 amide bonds. The van der Waals surface area contributed by atoms with Gasteiger partial charge in [0.2, 0.25) is 11.8 Å². The number of hydrogen-bond acceptors (Lipinski definition) is 13. The Morgan fingerprint density at radius 3 is 2.42 bits per heavy atom. The van der Waals surface area contributed by atoms with Gasteiger partial charge in [0.25, 0.3) is 11.8 Å². The van der Waals surface area contributed by atoms with Crippen LogP contribution in [0.3, 0.4) is 0 Å². The van der Waals surface area contributed by atoms with Crippen LogP contribution in [0.4, 0.5) is 27.8 Å². The summed E-state index contributed by atoms with van der Waals surface area (Å²) in [6.45, 7) is 2.28. The summed E-state index contributed by atoms with van der Waals surface area (Å²) < 4.78 is 22.9. The van der Waals surface area contributed by atoms with E-state index >= 15 is 0 Å². The molecule has 0 aliphatic heterocycles. The number of nitrogens with zero attached hydrogens (tertiary/aromatic N) is 4. The molecule has 0 atom stereocenters. The summed E-state index contributed by atoms with van der Waals surface area (Å²) in [5, 5.41) is 12.1. The second-order valence-electron chi connectivity index (χ2n) is 15.4. The van der Waals surface area contributed by atoms with Crippen molar-refractivity contribution in [3.63, 3.8) is 0 Å². The van der Waals surface area contributed by atoms with Crippen molar-refractivity contribution in [3.05, 3.63) is 144 Å². The molecular formula is C49H48N10O7. The molecule has 1 aliphatic rings. The number of nitrogens with one attached hydrogen (secondary N) is 5. The molecule has 0 saturated heterocycles. The number of methoxy groups -OCH3 is 1. The Bertz CT molecular complexity index is 2980. The number of rotatable bonds is 13. The maximum Gasteiger partial charge on any atom is 0.407 e. The number of ether oxygens (including phenoxy) is 3. The van der Waals surface area contributed by atoms with E-state index in [4.69, 9.17) is 34.3 Å². The molecule has 17 heteroatoms. The quantitative estimate of drug-likeness (QED) is 0.0595. The maximum absolute atomic E-state index is 12.3. The van der Waals surface area contributed by atoms with E-state index in [0.717, 1.165) is 64.4 Å². The number of nitrogens with two attached hydrogens (primary N) is 1. The zero-order valence-corrected chi connectivity index (χ0v) is 36.5. The molecule has 336 valence electrons. The van der Waals surface area contributed by atoms with Gasteiger partial charge in [-0.1, -0.05) is 36.4 Å². The van der Waals surface area contributed by atoms with Crippen LogP contribution >= 0.6 is 0 Å². The minimum Gasteiger partial charge on any atom is -0.495 e. The van der Waals surface area contributed by atoms with Crippen molar-refractivity contribution in [3.8, 4) is 22.8 Å². The molecule has 7 N–H and O–H groups in total. The first kappa shape index (κ1) is 44.1. The third-order valence-corrected chi connectivity index (χ3v) is 10.8. The highest BCUT2D eigenvalue weighted by Gasteiger charge is 2.23. The summed E-state index contributed by atoms with van der Waals surface area (Å²) >= 11 is 0. The molecular weight excluding hydrogens is 841 g/mol. The Balaban J connectivity index is 0.000000189. The van der Waals surface area contributed by atoms with Gasteiger partial charge in [-0.15, -0.1) is 0 Å². The molecule has 0 bridgehead atoms. The molecule has 0 unspecified atom stereocenters. The van der Waals surface area contributed by atoms with E-state index in [9.17, 15) is 14.4 Å². The normalized spacial score (nSPS) is 12.2. The van der Waals surface area contributed by atoms with Crippen molar-refractivity contribution in [2.24, 2.45) is 0 Å². The highest BCUT2D eigenvalue weighted by atomic mass is 16.5. The molecule has 0 spiro atoms. The zero-order valence-electron chi connectivity index (χ0n) is 36.5. The summed E-state index contributed by atoms with van der Waals surface area (Å²) in [7, 11) is 3.14. The zero-order chi connectivity index (χ0) is 46.0. The Morgan fingerprint density at radius 2 is 1.67 bits per heavy atom. The van der Waals surface area contributed by atoms with Gasteiger partial charge in [-0.3, -0.25) is 14.6 Å². The maximum atomic E-state index is 12.3. The summed E-state index contributed by atoms with van der Waals surface area (Å²) in [6.07, 6.45) is 9.05. The fourth-order valence-corrected chi connectivity index (χ4v) is 7.38. The predicted octanol–water partition coefficient (Wildman–Crippen LogP) is 8.85. The largest absolute Gasteiger partial charge is 0.495 e. The first-order valence-electron chi connectivity index (χ1n) is 21.3. The highest BCUT2D eigenvalue weighted by Crippen LogP contribution is 2.38. The lowest BCUT2D eigenvalue weighted by Gasteiger charge is -2.16. The standard InChI is InChI=1S/C28H28N6O4.C21H20N4O3/c1-15-31-21-10-8-16(12-23(21)37-15)19-14-30-25-24(19)27(38-18-6-4-5-7-18)34-28(33-25)32-20-11-9-17(26(35)29-2)13-22(20)36-3;22-18-5-1-2-6-19(18)25-20(26)17-9-7-15(8-10-17)13-24-21(27)28-14-16-4-3-11-23-12-16/h8-14,18H,4-7H2,1-3H3,(H,29,35)(H2,30,32,33,34);1-12H,13-14,22H2,(H,24,27)(H,25,26). The SMILES string of the molecule is CNC(=O)c1ccc(Nc2nc(OC3CCCC3)c3c(-c4ccc5nc(C)oc5c4)c[nH]c3n2)c(OC)c1.Nc1ccccc1NC(=O)c1ccc(CNC(=O)OCc2cccnc2)cc1. The van der Waals surface area contributed by atoms with E-state index in [1.54, 1.807) is 99.3 Å². The minimum atomic E-state index is -0.523. The molecule has 4 aromatic carbocycles. The van der Waals surface area contributed by atoms with Crippen LogP contribution in [0.2, 0.25) is 0 Å². The number of pyridine rings is 1. The number of alkyl carbamates (subject to hydrolysis) is 1. The van der Waals surface area contributed by atoms with Crippen LogP contribution in [0.25, 0.3) is 33.3 Å². The van der Waals surface area contributed by atoms with Crippen LogP contribution in [-0.4, -0.2) is 63.1 Å². The second-order valence-corrected chi connectivity index (χ2v) is 15.4. The van der Waals surface area contributed by atoms with E-state index in [0.29, 0.717) is 63.8 Å². The Morgan fingerprint density at radius 1 is 0.864 bits per heavy atom. The molecule has 0 radical (unpaired) electrons. The van der Waals surface area contributed by atoms with Crippen LogP contribution in [0, 0.1) is 6.92 Å². The monoisotopic (exact) mass is 888 g/mol. The van der Waals surface area contributed by atoms with Crippen LogP contribution < -0.4 is 36.5 Å². The van der Waals surface area contributed by atoms with Gasteiger partial charge >= 0.3 is 6.09 Å². The number of carbonyl (C=O) groups excluding carboxylic acids is 3. The lowest BCUT2D eigenvalue weighted by atomic mass is 10.1. The van der Waals surface area contributed by atoms with Crippen molar-refractivity contribution in [1.29, 1.82) is 0 Å². The van der Waals surface area contributed by atoms with Crippen LogP contribution in [-0.2, 0) is 17.9 Å². The van der Waals surface area contributed by atoms with Crippen molar-refractivity contribution < 1.29 is 33.0 Å². The highest BCUT2D eigenvalue weighted by molar-refractivity contribution is 6.05. The van der Waals surface area contributed by atoms with Gasteiger partial charge in [0.1, 0.15) is 29.6 Å². The number of nitrogen functional groups attached to an aromatic ring is 1. The van der Waals surface area contributed by atoms with E-state index in [-0.39, 0.29) is 24.5 Å². The van der Waals surface area contributed by atoms with Crippen LogP contribution in [0.1, 0.15) is 63.4 Å². The number of anilines is 4. The van der Waals surface area contributed by atoms with Crippen LogP contribution in [0.5, 0.6) is 11.6 Å². The first-order chi connectivity index (χ1) is 32.1. The number of amides is 3. The minimum absolute atomic E-state index is 0.101. The molecule has 17 nitrogen and oxygen atoms in total. The van der Waals surface area contributed by atoms with Gasteiger partial charge in [0, 0.05) is 61.4 Å². The van der Waals surface area contributed by atoms with Gasteiger partial charge in [0.05, 0.1) is 29.6 Å². The average molecular weight is 889 g/mol. The molecule has 1 fully saturated rings. The lowest BCUT2D eigenvalue weighted by Crippen LogP contribution is -2.23. The van der Waals surface area contributed by atoms with E-state index < -0.39 is 6.09 Å². The van der Waals surface area contributed by atoms with Gasteiger partial charge in [0.15, 0.2) is 11.5 Å². The smallest absolute Gasteiger partial charge is 0.407 e. The van der Waals surface area contributed by atoms with Crippen molar-refractivity contribution in [1.82, 2.24) is 35.6 Å². The van der Waals surface area contributed by atoms with Gasteiger partial charge in [-0.25, -0.2) is 9.78 Å². The van der Waals surface area contributed by atoms with Crippen molar-refractivity contribution in [2.75, 3.05) is 30.5 Å². The third-order valence-electron chi connectivity index (χ3n) is 10.8. The van der Waals surface area contributed by atoms with Gasteiger partial charge < -0.3 is 50.6 Å². The van der Waals surface area contributed by atoms with Gasteiger partial charge in [-0.05, 0) is 97.5 Å².